The molecule has 0 unspecified atom stereocenters. The zero-order valence-corrected chi connectivity index (χ0v) is 13.3. The van der Waals surface area contributed by atoms with Crippen molar-refractivity contribution in [1.82, 2.24) is 15.5 Å². The quantitative estimate of drug-likeness (QED) is 0.794. The van der Waals surface area contributed by atoms with Gasteiger partial charge in [-0.15, -0.1) is 0 Å². The predicted molar refractivity (Wildman–Crippen MR) is 87.7 cm³/mol. The lowest BCUT2D eigenvalue weighted by Gasteiger charge is -2.08. The summed E-state index contributed by atoms with van der Waals surface area (Å²) in [5, 5.41) is 6.70. The number of rotatable bonds is 4. The molecule has 2 aromatic carbocycles. The number of hydrogen-bond donors (Lipinski definition) is 1. The van der Waals surface area contributed by atoms with E-state index in [1.165, 1.54) is 6.07 Å². The van der Waals surface area contributed by atoms with Crippen molar-refractivity contribution in [3.8, 4) is 22.8 Å². The van der Waals surface area contributed by atoms with Gasteiger partial charge >= 0.3 is 0 Å². The number of halogens is 1. The summed E-state index contributed by atoms with van der Waals surface area (Å²) in [4.78, 5) is 16.3. The maximum atomic E-state index is 13.8. The van der Waals surface area contributed by atoms with Crippen molar-refractivity contribution in [2.24, 2.45) is 0 Å². The van der Waals surface area contributed by atoms with Crippen molar-refractivity contribution >= 4 is 5.91 Å². The number of carbonyl (C=O) groups is 1. The summed E-state index contributed by atoms with van der Waals surface area (Å²) >= 11 is 0. The topological polar surface area (TPSA) is 68.0 Å². The summed E-state index contributed by atoms with van der Waals surface area (Å²) in [6.45, 7) is 3.78. The zero-order chi connectivity index (χ0) is 17.1. The summed E-state index contributed by atoms with van der Waals surface area (Å²) in [5.74, 6) is -0.213. The second kappa shape index (κ2) is 6.62. The molecule has 1 amide bonds. The third kappa shape index (κ3) is 3.32. The van der Waals surface area contributed by atoms with E-state index in [9.17, 15) is 9.18 Å². The normalized spacial score (nSPS) is 10.8. The molecule has 24 heavy (non-hydrogen) atoms. The summed E-state index contributed by atoms with van der Waals surface area (Å²) < 4.78 is 18.9. The fourth-order valence-electron chi connectivity index (χ4n) is 2.23. The Morgan fingerprint density at radius 2 is 1.96 bits per heavy atom. The van der Waals surface area contributed by atoms with Crippen LogP contribution in [0.4, 0.5) is 4.39 Å². The van der Waals surface area contributed by atoms with E-state index in [1.807, 2.05) is 13.8 Å². The predicted octanol–water partition coefficient (Wildman–Crippen LogP) is 3.68. The molecule has 6 heteroatoms. The Kier molecular flexibility index (Phi) is 4.37. The molecule has 3 rings (SSSR count). The molecule has 0 radical (unpaired) electrons. The summed E-state index contributed by atoms with van der Waals surface area (Å²) in [6.07, 6.45) is 0. The fraction of sp³-hybridized carbons (Fsp3) is 0.167. The number of amides is 1. The number of hydrogen-bond acceptors (Lipinski definition) is 4. The molecule has 0 atom stereocenters. The highest BCUT2D eigenvalue weighted by molar-refractivity contribution is 5.95. The van der Waals surface area contributed by atoms with Gasteiger partial charge in [0.1, 0.15) is 5.82 Å². The monoisotopic (exact) mass is 325 g/mol. The van der Waals surface area contributed by atoms with Gasteiger partial charge in [-0.25, -0.2) is 4.39 Å². The lowest BCUT2D eigenvalue weighted by atomic mass is 10.1. The first-order chi connectivity index (χ1) is 11.5. The number of carbonyl (C=O) groups excluding carboxylic acids is 1. The first-order valence-electron chi connectivity index (χ1n) is 7.54. The van der Waals surface area contributed by atoms with E-state index in [1.54, 1.807) is 42.5 Å². The van der Waals surface area contributed by atoms with Crippen molar-refractivity contribution in [2.75, 3.05) is 0 Å². The maximum Gasteiger partial charge on any atom is 0.261 e. The largest absolute Gasteiger partial charge is 0.350 e. The van der Waals surface area contributed by atoms with Crippen molar-refractivity contribution in [3.05, 3.63) is 59.9 Å². The molecule has 0 bridgehead atoms. The molecule has 1 heterocycles. The third-order valence-electron chi connectivity index (χ3n) is 3.33. The molecule has 3 aromatic rings. The van der Waals surface area contributed by atoms with Crippen molar-refractivity contribution in [3.63, 3.8) is 0 Å². The van der Waals surface area contributed by atoms with Crippen LogP contribution in [0.3, 0.4) is 0 Å². The van der Waals surface area contributed by atoms with Crippen LogP contribution in [0.1, 0.15) is 24.2 Å². The molecule has 0 saturated carbocycles. The highest BCUT2D eigenvalue weighted by Crippen LogP contribution is 2.24. The molecular weight excluding hydrogens is 309 g/mol. The highest BCUT2D eigenvalue weighted by atomic mass is 19.1. The Bertz CT molecular complexity index is 874. The molecule has 1 aromatic heterocycles. The second-order valence-electron chi connectivity index (χ2n) is 5.61. The van der Waals surface area contributed by atoms with Crippen LogP contribution in [0.15, 0.2) is 53.1 Å². The Morgan fingerprint density at radius 1 is 1.17 bits per heavy atom. The Labute approximate surface area is 138 Å². The number of nitrogens with one attached hydrogen (secondary N) is 1. The van der Waals surface area contributed by atoms with Crippen molar-refractivity contribution in [1.29, 1.82) is 0 Å². The molecule has 1 N–H and O–H groups in total. The van der Waals surface area contributed by atoms with E-state index in [0.29, 0.717) is 17.0 Å². The van der Waals surface area contributed by atoms with Crippen LogP contribution in [0.5, 0.6) is 0 Å². The minimum absolute atomic E-state index is 0.0407. The standard InChI is InChI=1S/C18H16FN3O2/c1-11(2)20-17(23)13-7-5-6-12(10-13)16-21-18(24-22-16)14-8-3-4-9-15(14)19/h3-11H,1-2H3,(H,20,23). The van der Waals surface area contributed by atoms with E-state index in [2.05, 4.69) is 15.5 Å². The molecule has 122 valence electrons. The van der Waals surface area contributed by atoms with Gasteiger partial charge in [0.25, 0.3) is 11.8 Å². The molecule has 0 aliphatic rings. The maximum absolute atomic E-state index is 13.8. The molecule has 0 saturated heterocycles. The van der Waals surface area contributed by atoms with Crippen molar-refractivity contribution < 1.29 is 13.7 Å². The minimum Gasteiger partial charge on any atom is -0.350 e. The first kappa shape index (κ1) is 15.9. The van der Waals surface area contributed by atoms with Gasteiger partial charge in [-0.05, 0) is 38.1 Å². The number of benzene rings is 2. The zero-order valence-electron chi connectivity index (χ0n) is 13.3. The van der Waals surface area contributed by atoms with Crippen LogP contribution in [0.25, 0.3) is 22.8 Å². The average Bonchev–Trinajstić information content (AvgIpc) is 3.04. The van der Waals surface area contributed by atoms with Gasteiger partial charge in [-0.1, -0.05) is 29.4 Å². The third-order valence-corrected chi connectivity index (χ3v) is 3.33. The smallest absolute Gasteiger partial charge is 0.261 e. The van der Waals surface area contributed by atoms with Crippen LogP contribution < -0.4 is 5.32 Å². The van der Waals surface area contributed by atoms with Gasteiger partial charge in [0.15, 0.2) is 0 Å². The Balaban J connectivity index is 1.91. The van der Waals surface area contributed by atoms with E-state index in [0.717, 1.165) is 0 Å². The summed E-state index contributed by atoms with van der Waals surface area (Å²) in [5.41, 5.74) is 1.36. The average molecular weight is 325 g/mol. The molecular formula is C18H16FN3O2. The first-order valence-corrected chi connectivity index (χ1v) is 7.54. The fourth-order valence-corrected chi connectivity index (χ4v) is 2.23. The lowest BCUT2D eigenvalue weighted by Crippen LogP contribution is -2.30. The van der Waals surface area contributed by atoms with E-state index < -0.39 is 5.82 Å². The molecule has 0 spiro atoms. The molecule has 0 aliphatic carbocycles. The van der Waals surface area contributed by atoms with E-state index in [-0.39, 0.29) is 23.4 Å². The van der Waals surface area contributed by atoms with Gasteiger partial charge in [0.05, 0.1) is 5.56 Å². The van der Waals surface area contributed by atoms with Gasteiger partial charge in [-0.2, -0.15) is 4.98 Å². The number of aromatic nitrogens is 2. The second-order valence-corrected chi connectivity index (χ2v) is 5.61. The van der Waals surface area contributed by atoms with E-state index >= 15 is 0 Å². The molecule has 5 nitrogen and oxygen atoms in total. The summed E-state index contributed by atoms with van der Waals surface area (Å²) in [6, 6.07) is 13.1. The van der Waals surface area contributed by atoms with Crippen LogP contribution in [-0.2, 0) is 0 Å². The molecule has 0 fully saturated rings. The lowest BCUT2D eigenvalue weighted by molar-refractivity contribution is 0.0943. The highest BCUT2D eigenvalue weighted by Gasteiger charge is 2.15. The van der Waals surface area contributed by atoms with Crippen LogP contribution in [0, 0.1) is 5.82 Å². The van der Waals surface area contributed by atoms with Crippen LogP contribution >= 0.6 is 0 Å². The SMILES string of the molecule is CC(C)NC(=O)c1cccc(-c2noc(-c3ccccc3F)n2)c1. The van der Waals surface area contributed by atoms with Gasteiger partial charge in [0.2, 0.25) is 5.82 Å². The molecule has 0 aliphatic heterocycles. The van der Waals surface area contributed by atoms with E-state index in [4.69, 9.17) is 4.52 Å². The van der Waals surface area contributed by atoms with Crippen LogP contribution in [-0.4, -0.2) is 22.1 Å². The number of nitrogens with zero attached hydrogens (tertiary/aromatic N) is 2. The van der Waals surface area contributed by atoms with Crippen LogP contribution in [0.2, 0.25) is 0 Å². The Morgan fingerprint density at radius 3 is 2.71 bits per heavy atom. The van der Waals surface area contributed by atoms with Gasteiger partial charge < -0.3 is 9.84 Å². The minimum atomic E-state index is -0.433. The Hall–Kier alpha value is -3.02. The van der Waals surface area contributed by atoms with Gasteiger partial charge in [0, 0.05) is 17.2 Å². The van der Waals surface area contributed by atoms with Gasteiger partial charge in [-0.3, -0.25) is 4.79 Å². The van der Waals surface area contributed by atoms with Crippen molar-refractivity contribution in [2.45, 2.75) is 19.9 Å². The summed E-state index contributed by atoms with van der Waals surface area (Å²) in [7, 11) is 0.